The molecule has 4 N–H and O–H groups in total. The summed E-state index contributed by atoms with van der Waals surface area (Å²) in [6.45, 7) is 6.30. The van der Waals surface area contributed by atoms with Crippen LogP contribution < -0.4 is 16.4 Å². The predicted octanol–water partition coefficient (Wildman–Crippen LogP) is 1.72. The zero-order valence-electron chi connectivity index (χ0n) is 14.2. The fourth-order valence-corrected chi connectivity index (χ4v) is 2.02. The van der Waals surface area contributed by atoms with Crippen molar-refractivity contribution in [3.63, 3.8) is 0 Å². The van der Waals surface area contributed by atoms with E-state index in [0.717, 1.165) is 5.56 Å². The molecule has 0 aliphatic rings. The molecule has 1 aromatic rings. The fourth-order valence-electron chi connectivity index (χ4n) is 1.90. The van der Waals surface area contributed by atoms with Crippen molar-refractivity contribution >= 4 is 29.3 Å². The maximum Gasteiger partial charge on any atom is 0.261 e. The summed E-state index contributed by atoms with van der Waals surface area (Å²) in [6, 6.07) is 6.98. The Hall–Kier alpha value is -2.28. The van der Waals surface area contributed by atoms with Crippen LogP contribution >= 0.6 is 11.6 Å². The van der Waals surface area contributed by atoms with Gasteiger partial charge in [-0.15, -0.1) is 0 Å². The van der Waals surface area contributed by atoms with Gasteiger partial charge in [-0.2, -0.15) is 0 Å². The minimum Gasteiger partial charge on any atom is -0.384 e. The van der Waals surface area contributed by atoms with Gasteiger partial charge in [-0.05, 0) is 38.5 Å². The van der Waals surface area contributed by atoms with Crippen molar-refractivity contribution in [2.24, 2.45) is 10.9 Å². The number of halogens is 1. The molecule has 0 fully saturated rings. The van der Waals surface area contributed by atoms with Crippen LogP contribution in [0.15, 0.2) is 29.4 Å². The van der Waals surface area contributed by atoms with Crippen molar-refractivity contribution in [2.45, 2.75) is 39.3 Å². The van der Waals surface area contributed by atoms with Gasteiger partial charge >= 0.3 is 0 Å². The molecular weight excluding hydrogens is 332 g/mol. The molecule has 0 radical (unpaired) electrons. The van der Waals surface area contributed by atoms with E-state index in [1.165, 1.54) is 6.92 Å². The SMILES string of the molecule is CC(=O)NC(C)(C)/C(N)=N\OCC(=O)NC(C)c1ccc(Cl)cc1. The zero-order chi connectivity index (χ0) is 18.3. The predicted molar refractivity (Wildman–Crippen MR) is 93.5 cm³/mol. The van der Waals surface area contributed by atoms with Crippen molar-refractivity contribution < 1.29 is 14.4 Å². The van der Waals surface area contributed by atoms with Crippen LogP contribution in [0.3, 0.4) is 0 Å². The van der Waals surface area contributed by atoms with E-state index < -0.39 is 5.54 Å². The van der Waals surface area contributed by atoms with Crippen LogP contribution in [-0.4, -0.2) is 29.8 Å². The molecule has 8 heteroatoms. The molecule has 1 aromatic carbocycles. The lowest BCUT2D eigenvalue weighted by molar-refractivity contribution is -0.126. The molecule has 0 saturated heterocycles. The van der Waals surface area contributed by atoms with Gasteiger partial charge in [-0.25, -0.2) is 0 Å². The Balaban J connectivity index is 2.49. The van der Waals surface area contributed by atoms with Gasteiger partial charge in [0.1, 0.15) is 0 Å². The molecular formula is C16H23ClN4O3. The highest BCUT2D eigenvalue weighted by Gasteiger charge is 2.24. The minimum atomic E-state index is -0.862. The highest BCUT2D eigenvalue weighted by molar-refractivity contribution is 6.30. The molecule has 1 atom stereocenters. The summed E-state index contributed by atoms with van der Waals surface area (Å²) in [7, 11) is 0. The van der Waals surface area contributed by atoms with Gasteiger partial charge in [0.2, 0.25) is 5.91 Å². The number of amidine groups is 1. The standard InChI is InChI=1S/C16H23ClN4O3/c1-10(12-5-7-13(17)8-6-12)19-14(23)9-24-21-15(18)16(3,4)20-11(2)22/h5-8,10H,9H2,1-4H3,(H2,18,21)(H,19,23)(H,20,22). The van der Waals surface area contributed by atoms with E-state index in [2.05, 4.69) is 15.8 Å². The third-order valence-corrected chi connectivity index (χ3v) is 3.49. The Labute approximate surface area is 146 Å². The smallest absolute Gasteiger partial charge is 0.261 e. The van der Waals surface area contributed by atoms with E-state index in [9.17, 15) is 9.59 Å². The molecule has 7 nitrogen and oxygen atoms in total. The van der Waals surface area contributed by atoms with Crippen molar-refractivity contribution in [2.75, 3.05) is 6.61 Å². The van der Waals surface area contributed by atoms with Gasteiger partial charge in [0.05, 0.1) is 11.6 Å². The average Bonchev–Trinajstić information content (AvgIpc) is 2.46. The number of benzene rings is 1. The summed E-state index contributed by atoms with van der Waals surface area (Å²) in [6.07, 6.45) is 0. The van der Waals surface area contributed by atoms with Gasteiger partial charge in [0.15, 0.2) is 12.4 Å². The molecule has 0 aliphatic carbocycles. The minimum absolute atomic E-state index is 0.0660. The molecule has 0 aromatic heterocycles. The van der Waals surface area contributed by atoms with E-state index in [0.29, 0.717) is 5.02 Å². The summed E-state index contributed by atoms with van der Waals surface area (Å²) in [4.78, 5) is 27.9. The lowest BCUT2D eigenvalue weighted by Crippen LogP contribution is -2.52. The summed E-state index contributed by atoms with van der Waals surface area (Å²) >= 11 is 5.83. The lowest BCUT2D eigenvalue weighted by Gasteiger charge is -2.24. The maximum atomic E-state index is 11.9. The normalized spacial score (nSPS) is 13.1. The Morgan fingerprint density at radius 1 is 1.33 bits per heavy atom. The van der Waals surface area contributed by atoms with E-state index >= 15 is 0 Å². The third-order valence-electron chi connectivity index (χ3n) is 3.23. The van der Waals surface area contributed by atoms with Crippen LogP contribution in [0.4, 0.5) is 0 Å². The van der Waals surface area contributed by atoms with Gasteiger partial charge in [-0.1, -0.05) is 28.9 Å². The van der Waals surface area contributed by atoms with Crippen LogP contribution in [0, 0.1) is 0 Å². The topological polar surface area (TPSA) is 106 Å². The molecule has 0 spiro atoms. The maximum absolute atomic E-state index is 11.9. The van der Waals surface area contributed by atoms with Gasteiger partial charge in [0.25, 0.3) is 5.91 Å². The van der Waals surface area contributed by atoms with E-state index in [4.69, 9.17) is 22.2 Å². The van der Waals surface area contributed by atoms with Crippen LogP contribution in [0.5, 0.6) is 0 Å². The second-order valence-corrected chi connectivity index (χ2v) is 6.33. The number of nitrogens with zero attached hydrogens (tertiary/aromatic N) is 1. The highest BCUT2D eigenvalue weighted by atomic mass is 35.5. The lowest BCUT2D eigenvalue weighted by atomic mass is 10.0. The average molecular weight is 355 g/mol. The number of carbonyl (C=O) groups is 2. The largest absolute Gasteiger partial charge is 0.384 e. The van der Waals surface area contributed by atoms with Crippen LogP contribution in [-0.2, 0) is 14.4 Å². The highest BCUT2D eigenvalue weighted by Crippen LogP contribution is 2.15. The molecule has 1 unspecified atom stereocenters. The van der Waals surface area contributed by atoms with Gasteiger partial charge in [0, 0.05) is 11.9 Å². The number of hydrogen-bond donors (Lipinski definition) is 3. The Morgan fingerprint density at radius 2 is 1.92 bits per heavy atom. The van der Waals surface area contributed by atoms with Crippen LogP contribution in [0.2, 0.25) is 5.02 Å². The Bertz CT molecular complexity index is 614. The van der Waals surface area contributed by atoms with Crippen LogP contribution in [0.25, 0.3) is 0 Å². The molecule has 2 amide bonds. The third kappa shape index (κ3) is 6.45. The number of oxime groups is 1. The second-order valence-electron chi connectivity index (χ2n) is 5.90. The van der Waals surface area contributed by atoms with E-state index in [1.54, 1.807) is 26.0 Å². The van der Waals surface area contributed by atoms with Crippen molar-refractivity contribution in [1.82, 2.24) is 10.6 Å². The summed E-state index contributed by atoms with van der Waals surface area (Å²) < 4.78 is 0. The second kappa shape index (κ2) is 8.54. The fraction of sp³-hybridized carbons (Fsp3) is 0.438. The summed E-state index contributed by atoms with van der Waals surface area (Å²) in [5.41, 5.74) is 5.82. The number of nitrogens with one attached hydrogen (secondary N) is 2. The van der Waals surface area contributed by atoms with Crippen LogP contribution in [0.1, 0.15) is 39.3 Å². The monoisotopic (exact) mass is 354 g/mol. The number of nitrogens with two attached hydrogens (primary N) is 1. The number of hydrogen-bond acceptors (Lipinski definition) is 4. The molecule has 0 heterocycles. The first-order valence-corrected chi connectivity index (χ1v) is 7.79. The molecule has 24 heavy (non-hydrogen) atoms. The van der Waals surface area contributed by atoms with Gasteiger partial charge in [-0.3, -0.25) is 9.59 Å². The zero-order valence-corrected chi connectivity index (χ0v) is 15.0. The Morgan fingerprint density at radius 3 is 2.46 bits per heavy atom. The summed E-state index contributed by atoms with van der Waals surface area (Å²) in [5, 5.41) is 9.72. The molecule has 0 aliphatic heterocycles. The molecule has 0 saturated carbocycles. The van der Waals surface area contributed by atoms with Crippen molar-refractivity contribution in [1.29, 1.82) is 0 Å². The number of rotatable bonds is 7. The first-order chi connectivity index (χ1) is 11.1. The van der Waals surface area contributed by atoms with E-state index in [1.807, 2.05) is 19.1 Å². The summed E-state index contributed by atoms with van der Waals surface area (Å²) in [5.74, 6) is -0.518. The first kappa shape index (κ1) is 19.8. The van der Waals surface area contributed by atoms with Gasteiger partial charge < -0.3 is 21.2 Å². The molecule has 0 bridgehead atoms. The van der Waals surface area contributed by atoms with Crippen molar-refractivity contribution in [3.8, 4) is 0 Å². The van der Waals surface area contributed by atoms with E-state index in [-0.39, 0.29) is 30.3 Å². The first-order valence-electron chi connectivity index (χ1n) is 7.41. The molecule has 1 rings (SSSR count). The quantitative estimate of drug-likeness (QED) is 0.394. The number of amides is 2. The van der Waals surface area contributed by atoms with Crippen molar-refractivity contribution in [3.05, 3.63) is 34.9 Å². The molecule has 132 valence electrons. The Kier molecular flexibility index (Phi) is 7.03. The number of carbonyl (C=O) groups excluding carboxylic acids is 2.